The third kappa shape index (κ3) is 2.36. The lowest BCUT2D eigenvalue weighted by Gasteiger charge is -2.17. The highest BCUT2D eigenvalue weighted by Gasteiger charge is 2.34. The summed E-state index contributed by atoms with van der Waals surface area (Å²) in [6.07, 6.45) is 0.617. The molecule has 0 spiro atoms. The molecule has 1 aliphatic rings. The van der Waals surface area contributed by atoms with Crippen LogP contribution in [-0.2, 0) is 4.79 Å². The Labute approximate surface area is 119 Å². The van der Waals surface area contributed by atoms with E-state index in [1.807, 2.05) is 0 Å². The van der Waals surface area contributed by atoms with Gasteiger partial charge in [-0.05, 0) is 25.5 Å². The summed E-state index contributed by atoms with van der Waals surface area (Å²) in [4.78, 5) is 18.0. The van der Waals surface area contributed by atoms with Crippen molar-refractivity contribution in [2.75, 3.05) is 16.8 Å². The molecule has 7 heteroatoms. The second-order valence-electron chi connectivity index (χ2n) is 4.57. The van der Waals surface area contributed by atoms with Crippen LogP contribution in [0.5, 0.6) is 0 Å². The first-order valence-electron chi connectivity index (χ1n) is 6.28. The first-order chi connectivity index (χ1) is 9.65. The number of aryl methyl sites for hydroxylation is 1. The molecule has 1 amide bonds. The van der Waals surface area contributed by atoms with Crippen molar-refractivity contribution in [3.8, 4) is 0 Å². The zero-order valence-electron chi connectivity index (χ0n) is 10.8. The van der Waals surface area contributed by atoms with Crippen molar-refractivity contribution >= 4 is 28.3 Å². The molecular weight excluding hydrogens is 279 g/mol. The molecule has 1 saturated heterocycles. The molecule has 1 atom stereocenters. The van der Waals surface area contributed by atoms with Gasteiger partial charge in [0.2, 0.25) is 11.0 Å². The largest absolute Gasteiger partial charge is 0.348 e. The molecule has 20 heavy (non-hydrogen) atoms. The molecule has 1 aromatic heterocycles. The van der Waals surface area contributed by atoms with Crippen LogP contribution in [-0.4, -0.2) is 27.9 Å². The maximum Gasteiger partial charge on any atom is 0.249 e. The van der Waals surface area contributed by atoms with E-state index in [9.17, 15) is 9.18 Å². The Morgan fingerprint density at radius 3 is 2.95 bits per heavy atom. The Morgan fingerprint density at radius 2 is 2.25 bits per heavy atom. The minimum absolute atomic E-state index is 0.136. The van der Waals surface area contributed by atoms with Crippen LogP contribution < -0.4 is 10.2 Å². The van der Waals surface area contributed by atoms with Gasteiger partial charge in [-0.3, -0.25) is 4.79 Å². The summed E-state index contributed by atoms with van der Waals surface area (Å²) in [6.45, 7) is 2.29. The smallest absolute Gasteiger partial charge is 0.249 e. The number of nitrogens with one attached hydrogen (secondary N) is 1. The number of amides is 1. The lowest BCUT2D eigenvalue weighted by Crippen LogP contribution is -2.33. The molecule has 0 aliphatic carbocycles. The number of carbonyl (C=O) groups is 1. The van der Waals surface area contributed by atoms with Crippen LogP contribution in [0.25, 0.3) is 0 Å². The van der Waals surface area contributed by atoms with Crippen LogP contribution in [0.4, 0.5) is 15.2 Å². The lowest BCUT2D eigenvalue weighted by molar-refractivity contribution is -0.117. The Morgan fingerprint density at radius 1 is 1.45 bits per heavy atom. The van der Waals surface area contributed by atoms with Crippen LogP contribution in [0.15, 0.2) is 24.3 Å². The van der Waals surface area contributed by atoms with Crippen LogP contribution in [0.2, 0.25) is 0 Å². The van der Waals surface area contributed by atoms with Crippen molar-refractivity contribution in [1.29, 1.82) is 0 Å². The van der Waals surface area contributed by atoms with E-state index in [1.165, 1.54) is 22.5 Å². The fourth-order valence-electron chi connectivity index (χ4n) is 2.23. The Balaban J connectivity index is 1.76. The van der Waals surface area contributed by atoms with Crippen LogP contribution in [0.3, 0.4) is 0 Å². The SMILES string of the molecule is Cc1nsc(NC2CCN(c3ccccc3F)C2=O)n1. The van der Waals surface area contributed by atoms with Gasteiger partial charge in [0.05, 0.1) is 5.69 Å². The molecule has 0 radical (unpaired) electrons. The first-order valence-corrected chi connectivity index (χ1v) is 7.05. The average Bonchev–Trinajstić information content (AvgIpc) is 2.99. The number of hydrogen-bond donors (Lipinski definition) is 1. The van der Waals surface area contributed by atoms with E-state index in [1.54, 1.807) is 25.1 Å². The zero-order valence-corrected chi connectivity index (χ0v) is 11.7. The second-order valence-corrected chi connectivity index (χ2v) is 5.33. The van der Waals surface area contributed by atoms with E-state index in [-0.39, 0.29) is 17.8 Å². The summed E-state index contributed by atoms with van der Waals surface area (Å²) in [7, 11) is 0. The lowest BCUT2D eigenvalue weighted by atomic mass is 10.2. The number of halogens is 1. The van der Waals surface area contributed by atoms with Gasteiger partial charge in [0.1, 0.15) is 17.7 Å². The van der Waals surface area contributed by atoms with Gasteiger partial charge in [-0.15, -0.1) is 0 Å². The Kier molecular flexibility index (Phi) is 3.35. The van der Waals surface area contributed by atoms with Gasteiger partial charge in [-0.25, -0.2) is 9.37 Å². The standard InChI is InChI=1S/C13H13FN4OS/c1-8-15-13(20-17-8)16-10-6-7-18(12(10)19)11-5-3-2-4-9(11)14/h2-5,10H,6-7H2,1H3,(H,15,16,17). The van der Waals surface area contributed by atoms with Crippen molar-refractivity contribution in [3.05, 3.63) is 35.9 Å². The third-order valence-electron chi connectivity index (χ3n) is 3.17. The molecule has 3 rings (SSSR count). The number of benzene rings is 1. The highest BCUT2D eigenvalue weighted by Crippen LogP contribution is 2.26. The van der Waals surface area contributed by atoms with Crippen LogP contribution in [0, 0.1) is 12.7 Å². The van der Waals surface area contributed by atoms with Crippen molar-refractivity contribution in [2.24, 2.45) is 0 Å². The molecule has 2 aromatic rings. The number of aromatic nitrogens is 2. The topological polar surface area (TPSA) is 58.1 Å². The van der Waals surface area contributed by atoms with E-state index < -0.39 is 0 Å². The van der Waals surface area contributed by atoms with Crippen LogP contribution in [0.1, 0.15) is 12.2 Å². The van der Waals surface area contributed by atoms with Crippen molar-refractivity contribution < 1.29 is 9.18 Å². The summed E-state index contributed by atoms with van der Waals surface area (Å²) in [5.74, 6) is 0.158. The number of rotatable bonds is 3. The number of nitrogens with zero attached hydrogens (tertiary/aromatic N) is 3. The van der Waals surface area contributed by atoms with Gasteiger partial charge in [-0.1, -0.05) is 12.1 Å². The van der Waals surface area contributed by atoms with E-state index in [4.69, 9.17) is 0 Å². The van der Waals surface area contributed by atoms with Gasteiger partial charge in [-0.2, -0.15) is 4.37 Å². The molecule has 1 aromatic carbocycles. The molecule has 5 nitrogen and oxygen atoms in total. The summed E-state index contributed by atoms with van der Waals surface area (Å²) in [5.41, 5.74) is 0.329. The van der Waals surface area contributed by atoms with Crippen molar-refractivity contribution in [2.45, 2.75) is 19.4 Å². The van der Waals surface area contributed by atoms with Crippen molar-refractivity contribution in [1.82, 2.24) is 9.36 Å². The van der Waals surface area contributed by atoms with Gasteiger partial charge in [0.25, 0.3) is 0 Å². The van der Waals surface area contributed by atoms with Crippen molar-refractivity contribution in [3.63, 3.8) is 0 Å². The molecule has 2 heterocycles. The van der Waals surface area contributed by atoms with E-state index in [2.05, 4.69) is 14.7 Å². The predicted molar refractivity (Wildman–Crippen MR) is 75.4 cm³/mol. The molecule has 104 valence electrons. The number of hydrogen-bond acceptors (Lipinski definition) is 5. The third-order valence-corrected chi connectivity index (χ3v) is 3.91. The predicted octanol–water partition coefficient (Wildman–Crippen LogP) is 2.20. The number of anilines is 2. The summed E-state index contributed by atoms with van der Waals surface area (Å²) in [5, 5.41) is 3.68. The van der Waals surface area contributed by atoms with Gasteiger partial charge in [0, 0.05) is 18.1 Å². The van der Waals surface area contributed by atoms with E-state index >= 15 is 0 Å². The van der Waals surface area contributed by atoms with Gasteiger partial charge in [0.15, 0.2) is 0 Å². The maximum absolute atomic E-state index is 13.7. The van der Waals surface area contributed by atoms with E-state index in [0.29, 0.717) is 29.6 Å². The molecule has 1 unspecified atom stereocenters. The minimum Gasteiger partial charge on any atom is -0.348 e. The molecule has 0 bridgehead atoms. The fourth-order valence-corrected chi connectivity index (χ4v) is 2.86. The highest BCUT2D eigenvalue weighted by molar-refractivity contribution is 7.09. The molecule has 1 aliphatic heterocycles. The first kappa shape index (κ1) is 13.0. The molecular formula is C13H13FN4OS. The average molecular weight is 292 g/mol. The molecule has 0 saturated carbocycles. The zero-order chi connectivity index (χ0) is 14.1. The second kappa shape index (κ2) is 5.16. The van der Waals surface area contributed by atoms with Gasteiger partial charge < -0.3 is 10.2 Å². The minimum atomic E-state index is -0.381. The quantitative estimate of drug-likeness (QED) is 0.942. The normalized spacial score (nSPS) is 18.6. The van der Waals surface area contributed by atoms with Crippen LogP contribution >= 0.6 is 11.5 Å². The number of para-hydroxylation sites is 1. The summed E-state index contributed by atoms with van der Waals surface area (Å²) >= 11 is 1.22. The summed E-state index contributed by atoms with van der Waals surface area (Å²) < 4.78 is 17.8. The fraction of sp³-hybridized carbons (Fsp3) is 0.308. The molecule has 1 N–H and O–H groups in total. The molecule has 1 fully saturated rings. The maximum atomic E-state index is 13.7. The summed E-state index contributed by atoms with van der Waals surface area (Å²) in [6, 6.07) is 5.93. The number of carbonyl (C=O) groups excluding carboxylic acids is 1. The monoisotopic (exact) mass is 292 g/mol. The van der Waals surface area contributed by atoms with Gasteiger partial charge >= 0.3 is 0 Å². The Bertz CT molecular complexity index is 645. The van der Waals surface area contributed by atoms with E-state index in [0.717, 1.165) is 0 Å². The Hall–Kier alpha value is -2.02. The highest BCUT2D eigenvalue weighted by atomic mass is 32.1.